The molecule has 2 aromatic heterocycles. The van der Waals surface area contributed by atoms with Gasteiger partial charge in [-0.3, -0.25) is 0 Å². The van der Waals surface area contributed by atoms with Crippen molar-refractivity contribution < 1.29 is 0 Å². The summed E-state index contributed by atoms with van der Waals surface area (Å²) in [6.07, 6.45) is 5.40. The molecule has 0 amide bonds. The molecule has 112 valence electrons. The average molecular weight is 285 g/mol. The van der Waals surface area contributed by atoms with E-state index in [0.717, 1.165) is 40.9 Å². The molecule has 2 N–H and O–H groups in total. The molecule has 0 aromatic carbocycles. The van der Waals surface area contributed by atoms with E-state index in [-0.39, 0.29) is 0 Å². The van der Waals surface area contributed by atoms with Crippen LogP contribution in [0.3, 0.4) is 0 Å². The van der Waals surface area contributed by atoms with Crippen LogP contribution in [0.25, 0.3) is 11.0 Å². The molecule has 3 heterocycles. The minimum absolute atomic E-state index is 0.611. The van der Waals surface area contributed by atoms with E-state index in [1.165, 1.54) is 25.9 Å². The molecule has 1 saturated heterocycles. The maximum absolute atomic E-state index is 4.81. The van der Waals surface area contributed by atoms with Crippen LogP contribution in [0.1, 0.15) is 25.6 Å². The number of hydrogen-bond donors (Lipinski definition) is 2. The summed E-state index contributed by atoms with van der Waals surface area (Å²) in [7, 11) is 2.20. The van der Waals surface area contributed by atoms with Gasteiger partial charge in [0.1, 0.15) is 17.3 Å². The van der Waals surface area contributed by atoms with Crippen molar-refractivity contribution in [3.63, 3.8) is 0 Å². The van der Waals surface area contributed by atoms with E-state index >= 15 is 0 Å². The molecule has 1 saturated carbocycles. The fraction of sp³-hybridized carbons (Fsp3) is 0.625. The number of fused-ring (bicyclic) bond motifs is 2. The molecule has 4 rings (SSSR count). The minimum Gasteiger partial charge on any atom is -0.356 e. The van der Waals surface area contributed by atoms with E-state index in [9.17, 15) is 0 Å². The molecule has 2 fully saturated rings. The zero-order valence-corrected chi connectivity index (χ0v) is 12.8. The van der Waals surface area contributed by atoms with Crippen LogP contribution in [0.2, 0.25) is 0 Å². The highest BCUT2D eigenvalue weighted by molar-refractivity contribution is 5.87. The van der Waals surface area contributed by atoms with Gasteiger partial charge in [-0.15, -0.1) is 0 Å². The molecule has 3 atom stereocenters. The number of rotatable bonds is 3. The second-order valence-corrected chi connectivity index (χ2v) is 6.47. The van der Waals surface area contributed by atoms with Crippen LogP contribution in [0.15, 0.2) is 12.3 Å². The lowest BCUT2D eigenvalue weighted by molar-refractivity contribution is 0.494. The fourth-order valence-corrected chi connectivity index (χ4v) is 4.02. The third-order valence-corrected chi connectivity index (χ3v) is 5.27. The first-order valence-corrected chi connectivity index (χ1v) is 8.03. The molecule has 2 aliphatic rings. The van der Waals surface area contributed by atoms with E-state index in [4.69, 9.17) is 4.98 Å². The van der Waals surface area contributed by atoms with Crippen molar-refractivity contribution in [2.45, 2.75) is 32.2 Å². The molecule has 1 unspecified atom stereocenters. The van der Waals surface area contributed by atoms with Gasteiger partial charge in [0, 0.05) is 25.7 Å². The molecule has 1 aliphatic heterocycles. The van der Waals surface area contributed by atoms with E-state index < -0.39 is 0 Å². The second kappa shape index (κ2) is 4.98. The Labute approximate surface area is 125 Å². The lowest BCUT2D eigenvalue weighted by Gasteiger charge is -2.27. The predicted molar refractivity (Wildman–Crippen MR) is 84.5 cm³/mol. The highest BCUT2D eigenvalue weighted by Gasteiger charge is 2.39. The van der Waals surface area contributed by atoms with Gasteiger partial charge in [0.05, 0.1) is 5.39 Å². The van der Waals surface area contributed by atoms with E-state index in [0.29, 0.717) is 6.04 Å². The first-order chi connectivity index (χ1) is 10.3. The van der Waals surface area contributed by atoms with E-state index in [1.54, 1.807) is 0 Å². The summed E-state index contributed by atoms with van der Waals surface area (Å²) in [6.45, 7) is 4.50. The van der Waals surface area contributed by atoms with E-state index in [2.05, 4.69) is 40.2 Å². The zero-order chi connectivity index (χ0) is 14.4. The fourth-order valence-electron chi connectivity index (χ4n) is 4.02. The third kappa shape index (κ3) is 2.11. The Bertz CT molecular complexity index is 637. The summed E-state index contributed by atoms with van der Waals surface area (Å²) >= 11 is 0. The highest BCUT2D eigenvalue weighted by atomic mass is 15.2. The summed E-state index contributed by atoms with van der Waals surface area (Å²) in [5.74, 6) is 3.72. The van der Waals surface area contributed by atoms with Gasteiger partial charge in [0.2, 0.25) is 0 Å². The molecule has 0 spiro atoms. The molecule has 2 aromatic rings. The summed E-state index contributed by atoms with van der Waals surface area (Å²) < 4.78 is 0. The van der Waals surface area contributed by atoms with Gasteiger partial charge < -0.3 is 15.2 Å². The molecular weight excluding hydrogens is 262 g/mol. The monoisotopic (exact) mass is 285 g/mol. The van der Waals surface area contributed by atoms with Crippen molar-refractivity contribution in [2.75, 3.05) is 25.0 Å². The predicted octanol–water partition coefficient (Wildman–Crippen LogP) is 1.95. The molecule has 1 aliphatic carbocycles. The summed E-state index contributed by atoms with van der Waals surface area (Å²) in [4.78, 5) is 15.0. The molecular formula is C16H23N5. The third-order valence-electron chi connectivity index (χ3n) is 5.27. The van der Waals surface area contributed by atoms with Crippen molar-refractivity contribution in [2.24, 2.45) is 11.8 Å². The Morgan fingerprint density at radius 1 is 1.24 bits per heavy atom. The largest absolute Gasteiger partial charge is 0.356 e. The van der Waals surface area contributed by atoms with Crippen LogP contribution in [-0.2, 0) is 6.42 Å². The van der Waals surface area contributed by atoms with Crippen LogP contribution >= 0.6 is 0 Å². The molecule has 5 nitrogen and oxygen atoms in total. The van der Waals surface area contributed by atoms with Crippen LogP contribution in [-0.4, -0.2) is 41.1 Å². The smallest absolute Gasteiger partial charge is 0.143 e. The van der Waals surface area contributed by atoms with Gasteiger partial charge in [0.15, 0.2) is 0 Å². The zero-order valence-electron chi connectivity index (χ0n) is 12.8. The number of H-pyrrole nitrogens is 1. The number of aromatic nitrogens is 3. The van der Waals surface area contributed by atoms with Gasteiger partial charge in [-0.1, -0.05) is 6.92 Å². The Morgan fingerprint density at radius 2 is 2.00 bits per heavy atom. The van der Waals surface area contributed by atoms with E-state index in [1.807, 2.05) is 6.20 Å². The van der Waals surface area contributed by atoms with Gasteiger partial charge in [-0.05, 0) is 43.8 Å². The van der Waals surface area contributed by atoms with Crippen molar-refractivity contribution in [3.8, 4) is 0 Å². The molecule has 0 radical (unpaired) electrons. The number of nitrogens with zero attached hydrogens (tertiary/aromatic N) is 3. The van der Waals surface area contributed by atoms with Crippen molar-refractivity contribution in [1.29, 1.82) is 0 Å². The molecule has 0 bridgehead atoms. The Balaban J connectivity index is 1.67. The highest BCUT2D eigenvalue weighted by Crippen LogP contribution is 2.38. The Morgan fingerprint density at radius 3 is 2.71 bits per heavy atom. The summed E-state index contributed by atoms with van der Waals surface area (Å²) in [5.41, 5.74) is 0.962. The standard InChI is InChI=1S/C16H23N5/c1-3-14-19-15-13(4-5-18-15)16(20-14)21(2)12-6-10-8-17-9-11(10)7-12/h4-5,10-12,17H,3,6-9H2,1-2H3,(H,18,19,20)/t10-,11+,12?. The topological polar surface area (TPSA) is 56.8 Å². The number of hydrogen-bond acceptors (Lipinski definition) is 4. The number of nitrogens with one attached hydrogen (secondary N) is 2. The van der Waals surface area contributed by atoms with Crippen LogP contribution in [0.4, 0.5) is 5.82 Å². The van der Waals surface area contributed by atoms with Crippen molar-refractivity contribution in [3.05, 3.63) is 18.1 Å². The maximum Gasteiger partial charge on any atom is 0.143 e. The van der Waals surface area contributed by atoms with Crippen LogP contribution in [0.5, 0.6) is 0 Å². The Kier molecular flexibility index (Phi) is 3.10. The van der Waals surface area contributed by atoms with Crippen molar-refractivity contribution in [1.82, 2.24) is 20.3 Å². The Hall–Kier alpha value is -1.62. The van der Waals surface area contributed by atoms with Crippen molar-refractivity contribution >= 4 is 16.9 Å². The minimum atomic E-state index is 0.611. The first kappa shape index (κ1) is 13.1. The number of aromatic amines is 1. The summed E-state index contributed by atoms with van der Waals surface area (Å²) in [5, 5.41) is 4.66. The number of aryl methyl sites for hydroxylation is 1. The first-order valence-electron chi connectivity index (χ1n) is 8.03. The lowest BCUT2D eigenvalue weighted by Crippen LogP contribution is -2.32. The normalized spacial score (nSPS) is 28.2. The van der Waals surface area contributed by atoms with Crippen LogP contribution < -0.4 is 10.2 Å². The van der Waals surface area contributed by atoms with Gasteiger partial charge in [0.25, 0.3) is 0 Å². The second-order valence-electron chi connectivity index (χ2n) is 6.47. The average Bonchev–Trinajstić information content (AvgIpc) is 3.19. The number of anilines is 1. The molecule has 5 heteroatoms. The van der Waals surface area contributed by atoms with Gasteiger partial charge in [-0.2, -0.15) is 0 Å². The van der Waals surface area contributed by atoms with Crippen LogP contribution in [0, 0.1) is 11.8 Å². The van der Waals surface area contributed by atoms with Gasteiger partial charge in [-0.25, -0.2) is 9.97 Å². The quantitative estimate of drug-likeness (QED) is 0.905. The SMILES string of the molecule is CCc1nc(N(C)C2C[C@H]3CNC[C@H]3C2)c2cc[nH]c2n1. The van der Waals surface area contributed by atoms with Gasteiger partial charge >= 0.3 is 0 Å². The lowest BCUT2D eigenvalue weighted by atomic mass is 10.0. The molecule has 21 heavy (non-hydrogen) atoms. The maximum atomic E-state index is 4.81. The summed E-state index contributed by atoms with van der Waals surface area (Å²) in [6, 6.07) is 2.71.